The molecule has 3 rings (SSSR count). The summed E-state index contributed by atoms with van der Waals surface area (Å²) in [7, 11) is 0. The number of fused-ring (bicyclic) bond motifs is 1. The second-order valence-electron chi connectivity index (χ2n) is 5.46. The topological polar surface area (TPSA) is 58.4 Å². The number of hydrogen-bond donors (Lipinski definition) is 1. The van der Waals surface area contributed by atoms with Crippen LogP contribution >= 0.6 is 0 Å². The van der Waals surface area contributed by atoms with E-state index in [4.69, 9.17) is 0 Å². The van der Waals surface area contributed by atoms with Crippen LogP contribution in [0.25, 0.3) is 5.78 Å². The predicted molar refractivity (Wildman–Crippen MR) is 69.8 cm³/mol. The molecule has 1 aliphatic heterocycles. The molecule has 0 bridgehead atoms. The highest BCUT2D eigenvalue weighted by atomic mass is 15.4. The second kappa shape index (κ2) is 3.91. The lowest BCUT2D eigenvalue weighted by Gasteiger charge is -2.40. The van der Waals surface area contributed by atoms with E-state index in [9.17, 15) is 0 Å². The average Bonchev–Trinajstić information content (AvgIpc) is 2.74. The van der Waals surface area contributed by atoms with Crippen molar-refractivity contribution in [2.45, 2.75) is 26.3 Å². The molecule has 96 valence electrons. The first-order valence-electron chi connectivity index (χ1n) is 6.22. The van der Waals surface area contributed by atoms with Gasteiger partial charge in [0.2, 0.25) is 0 Å². The SMILES string of the molecule is Cc1cc(N2CCNC(C)(C)C2)n2ncnc2n1. The van der Waals surface area contributed by atoms with Crippen molar-refractivity contribution in [3.63, 3.8) is 0 Å². The summed E-state index contributed by atoms with van der Waals surface area (Å²) in [5.41, 5.74) is 1.09. The van der Waals surface area contributed by atoms with Gasteiger partial charge >= 0.3 is 0 Å². The zero-order valence-corrected chi connectivity index (χ0v) is 11.0. The Morgan fingerprint density at radius 3 is 3.00 bits per heavy atom. The van der Waals surface area contributed by atoms with Crippen molar-refractivity contribution in [2.24, 2.45) is 0 Å². The van der Waals surface area contributed by atoms with Gasteiger partial charge in [-0.3, -0.25) is 0 Å². The molecule has 1 saturated heterocycles. The van der Waals surface area contributed by atoms with E-state index in [2.05, 4.69) is 45.2 Å². The van der Waals surface area contributed by atoms with Crippen LogP contribution < -0.4 is 10.2 Å². The fourth-order valence-electron chi connectivity index (χ4n) is 2.47. The lowest BCUT2D eigenvalue weighted by atomic mass is 10.0. The molecule has 6 heteroatoms. The van der Waals surface area contributed by atoms with E-state index < -0.39 is 0 Å². The van der Waals surface area contributed by atoms with Crippen LogP contribution in [0.2, 0.25) is 0 Å². The van der Waals surface area contributed by atoms with Gasteiger partial charge in [0.05, 0.1) is 0 Å². The largest absolute Gasteiger partial charge is 0.353 e. The van der Waals surface area contributed by atoms with Crippen molar-refractivity contribution >= 4 is 11.6 Å². The molecule has 1 aliphatic rings. The summed E-state index contributed by atoms with van der Waals surface area (Å²) in [6, 6.07) is 2.07. The zero-order chi connectivity index (χ0) is 12.8. The van der Waals surface area contributed by atoms with E-state index >= 15 is 0 Å². The summed E-state index contributed by atoms with van der Waals surface area (Å²) < 4.78 is 1.81. The first-order chi connectivity index (χ1) is 8.55. The van der Waals surface area contributed by atoms with Crippen molar-refractivity contribution in [2.75, 3.05) is 24.5 Å². The Bertz CT molecular complexity index is 573. The highest BCUT2D eigenvalue weighted by molar-refractivity contribution is 5.48. The van der Waals surface area contributed by atoms with Gasteiger partial charge in [-0.05, 0) is 20.8 Å². The molecule has 2 aromatic rings. The van der Waals surface area contributed by atoms with Gasteiger partial charge in [0, 0.05) is 36.9 Å². The Hall–Kier alpha value is -1.69. The third-order valence-electron chi connectivity index (χ3n) is 3.26. The van der Waals surface area contributed by atoms with E-state index in [1.54, 1.807) is 6.33 Å². The number of nitrogens with one attached hydrogen (secondary N) is 1. The number of aryl methyl sites for hydroxylation is 1. The Labute approximate surface area is 106 Å². The molecule has 2 aromatic heterocycles. The van der Waals surface area contributed by atoms with Crippen molar-refractivity contribution in [1.29, 1.82) is 0 Å². The molecule has 0 aliphatic carbocycles. The number of piperazine rings is 1. The summed E-state index contributed by atoms with van der Waals surface area (Å²) in [4.78, 5) is 10.9. The minimum Gasteiger partial charge on any atom is -0.353 e. The van der Waals surface area contributed by atoms with Gasteiger partial charge in [-0.25, -0.2) is 4.98 Å². The molecule has 0 aromatic carbocycles. The maximum absolute atomic E-state index is 4.37. The average molecular weight is 246 g/mol. The van der Waals surface area contributed by atoms with Gasteiger partial charge in [-0.15, -0.1) is 0 Å². The number of hydrogen-bond acceptors (Lipinski definition) is 5. The van der Waals surface area contributed by atoms with Crippen LogP contribution in [-0.2, 0) is 0 Å². The standard InChI is InChI=1S/C12H18N6/c1-9-6-10(18-11(16-9)13-8-15-18)17-5-4-14-12(2,3)7-17/h6,8,14H,4-5,7H2,1-3H3. The monoisotopic (exact) mass is 246 g/mol. The van der Waals surface area contributed by atoms with Crippen molar-refractivity contribution in [3.8, 4) is 0 Å². The van der Waals surface area contributed by atoms with Crippen LogP contribution in [0.3, 0.4) is 0 Å². The van der Waals surface area contributed by atoms with Crippen LogP contribution in [0, 0.1) is 6.92 Å². The quantitative estimate of drug-likeness (QED) is 0.799. The fourth-order valence-corrected chi connectivity index (χ4v) is 2.47. The number of aromatic nitrogens is 4. The van der Waals surface area contributed by atoms with Crippen LogP contribution in [0.1, 0.15) is 19.5 Å². The van der Waals surface area contributed by atoms with E-state index in [0.717, 1.165) is 31.1 Å². The minimum atomic E-state index is 0.113. The summed E-state index contributed by atoms with van der Waals surface area (Å²) in [5.74, 6) is 1.74. The smallest absolute Gasteiger partial charge is 0.254 e. The second-order valence-corrected chi connectivity index (χ2v) is 5.46. The van der Waals surface area contributed by atoms with Crippen LogP contribution in [0.4, 0.5) is 5.82 Å². The third-order valence-corrected chi connectivity index (χ3v) is 3.26. The minimum absolute atomic E-state index is 0.113. The summed E-state index contributed by atoms with van der Waals surface area (Å²) in [6.07, 6.45) is 1.55. The van der Waals surface area contributed by atoms with Gasteiger partial charge in [0.25, 0.3) is 5.78 Å². The van der Waals surface area contributed by atoms with Crippen molar-refractivity contribution in [3.05, 3.63) is 18.1 Å². The van der Waals surface area contributed by atoms with Gasteiger partial charge in [-0.1, -0.05) is 0 Å². The van der Waals surface area contributed by atoms with Gasteiger partial charge in [0.1, 0.15) is 12.1 Å². The van der Waals surface area contributed by atoms with Crippen molar-refractivity contribution < 1.29 is 0 Å². The van der Waals surface area contributed by atoms with E-state index in [0.29, 0.717) is 5.78 Å². The van der Waals surface area contributed by atoms with Gasteiger partial charge < -0.3 is 10.2 Å². The molecule has 6 nitrogen and oxygen atoms in total. The maximum atomic E-state index is 4.37. The van der Waals surface area contributed by atoms with Crippen LogP contribution in [-0.4, -0.2) is 44.8 Å². The first-order valence-corrected chi connectivity index (χ1v) is 6.22. The lowest BCUT2D eigenvalue weighted by Crippen LogP contribution is -2.57. The number of anilines is 1. The zero-order valence-electron chi connectivity index (χ0n) is 11.0. The summed E-state index contributed by atoms with van der Waals surface area (Å²) >= 11 is 0. The normalized spacial score (nSPS) is 19.4. The summed E-state index contributed by atoms with van der Waals surface area (Å²) in [5, 5.41) is 7.78. The third kappa shape index (κ3) is 1.92. The lowest BCUT2D eigenvalue weighted by molar-refractivity contribution is 0.351. The van der Waals surface area contributed by atoms with Gasteiger partial charge in [-0.2, -0.15) is 14.6 Å². The molecule has 0 atom stereocenters. The van der Waals surface area contributed by atoms with E-state index in [1.807, 2.05) is 11.4 Å². The number of rotatable bonds is 1. The van der Waals surface area contributed by atoms with Gasteiger partial charge in [0.15, 0.2) is 0 Å². The molecule has 0 spiro atoms. The Morgan fingerprint density at radius 2 is 2.22 bits per heavy atom. The molecule has 0 amide bonds. The molecule has 18 heavy (non-hydrogen) atoms. The molecule has 0 unspecified atom stereocenters. The fraction of sp³-hybridized carbons (Fsp3) is 0.583. The predicted octanol–water partition coefficient (Wildman–Crippen LogP) is 0.621. The molecule has 0 radical (unpaired) electrons. The highest BCUT2D eigenvalue weighted by Gasteiger charge is 2.27. The molecule has 0 saturated carbocycles. The molecule has 1 N–H and O–H groups in total. The van der Waals surface area contributed by atoms with Crippen LogP contribution in [0.15, 0.2) is 12.4 Å². The van der Waals surface area contributed by atoms with Crippen molar-refractivity contribution in [1.82, 2.24) is 24.9 Å². The first kappa shape index (κ1) is 11.4. The molecule has 3 heterocycles. The van der Waals surface area contributed by atoms with Crippen LogP contribution in [0.5, 0.6) is 0 Å². The maximum Gasteiger partial charge on any atom is 0.254 e. The molecular weight excluding hydrogens is 228 g/mol. The summed E-state index contributed by atoms with van der Waals surface area (Å²) in [6.45, 7) is 9.32. The Morgan fingerprint density at radius 1 is 1.39 bits per heavy atom. The highest BCUT2D eigenvalue weighted by Crippen LogP contribution is 2.20. The Kier molecular flexibility index (Phi) is 2.48. The van der Waals surface area contributed by atoms with E-state index in [1.165, 1.54) is 0 Å². The van der Waals surface area contributed by atoms with E-state index in [-0.39, 0.29) is 5.54 Å². The molecular formula is C12H18N6. The Balaban J connectivity index is 2.05. The number of nitrogens with zero attached hydrogens (tertiary/aromatic N) is 5. The molecule has 1 fully saturated rings.